The predicted molar refractivity (Wildman–Crippen MR) is 112 cm³/mol. The molecule has 1 aliphatic heterocycles. The lowest BCUT2D eigenvalue weighted by molar-refractivity contribution is -0.138. The summed E-state index contributed by atoms with van der Waals surface area (Å²) in [6, 6.07) is 3.92. The van der Waals surface area contributed by atoms with Crippen molar-refractivity contribution >= 4 is 23.1 Å². The first-order valence-corrected chi connectivity index (χ1v) is 11.1. The van der Waals surface area contributed by atoms with Crippen molar-refractivity contribution < 1.29 is 9.90 Å². The number of hydrogen-bond donors (Lipinski definition) is 2. The van der Waals surface area contributed by atoms with Crippen LogP contribution < -0.4 is 5.32 Å². The molecule has 4 heteroatoms. The monoisotopic (exact) mass is 399 g/mol. The number of halogens is 1. The van der Waals surface area contributed by atoms with Gasteiger partial charge in [-0.15, -0.1) is 0 Å². The molecule has 1 aromatic carbocycles. The van der Waals surface area contributed by atoms with Crippen molar-refractivity contribution in [3.63, 3.8) is 0 Å². The summed E-state index contributed by atoms with van der Waals surface area (Å²) in [6.07, 6.45) is 10.0. The van der Waals surface area contributed by atoms with Crippen LogP contribution in [0.1, 0.15) is 69.1 Å². The molecule has 2 N–H and O–H groups in total. The first-order valence-electron chi connectivity index (χ1n) is 10.7. The number of carbonyl (C=O) groups excluding carboxylic acids is 1. The van der Waals surface area contributed by atoms with Crippen molar-refractivity contribution in [2.75, 3.05) is 0 Å². The lowest BCUT2D eigenvalue weighted by atomic mass is 9.48. The second kappa shape index (κ2) is 6.34. The number of allylic oxidation sites excluding steroid dienone is 1. The molecular formula is C24H30ClNO2. The van der Waals surface area contributed by atoms with Crippen molar-refractivity contribution in [2.24, 2.45) is 23.2 Å². The molecule has 0 radical (unpaired) electrons. The topological polar surface area (TPSA) is 49.3 Å². The Balaban J connectivity index is 1.54. The molecule has 0 amide bonds. The lowest BCUT2D eigenvalue weighted by Crippen LogP contribution is -2.50. The highest BCUT2D eigenvalue weighted by Crippen LogP contribution is 2.60. The Morgan fingerprint density at radius 3 is 2.36 bits per heavy atom. The highest BCUT2D eigenvalue weighted by Gasteiger charge is 2.54. The second-order valence-corrected chi connectivity index (χ2v) is 11.0. The number of rotatable bonds is 3. The summed E-state index contributed by atoms with van der Waals surface area (Å²) in [6.45, 7) is 4.23. The molecule has 4 bridgehead atoms. The number of carbonyl (C=O) groups is 1. The van der Waals surface area contributed by atoms with Gasteiger partial charge in [0.2, 0.25) is 0 Å². The number of aliphatic hydroxyl groups excluding tert-OH is 1. The van der Waals surface area contributed by atoms with Gasteiger partial charge in [0.15, 0.2) is 5.78 Å². The SMILES string of the molecule is CC1(C)Cc2cc(Cl)c(CO)cc2C(=CC(=O)C23CC4CC(CC(C4)C2)C3)N1. The standard InChI is InChI=1S/C24H30ClNO2/c1-23(2)12-17-7-20(25)18(13-27)6-19(17)21(26-23)8-22(28)24-9-14-3-15(10-24)5-16(4-14)11-24/h6-8,14-16,26-27H,3-5,9-13H2,1-2H3. The number of benzene rings is 1. The summed E-state index contributed by atoms with van der Waals surface area (Å²) in [4.78, 5) is 13.6. The van der Waals surface area contributed by atoms with E-state index in [4.69, 9.17) is 11.6 Å². The van der Waals surface area contributed by atoms with E-state index in [-0.39, 0.29) is 17.6 Å². The third-order valence-electron chi connectivity index (χ3n) is 7.67. The van der Waals surface area contributed by atoms with Crippen molar-refractivity contribution in [2.45, 2.75) is 70.9 Å². The van der Waals surface area contributed by atoms with Gasteiger partial charge in [-0.2, -0.15) is 0 Å². The maximum absolute atomic E-state index is 13.6. The van der Waals surface area contributed by atoms with Crippen LogP contribution in [0.2, 0.25) is 5.02 Å². The van der Waals surface area contributed by atoms with Crippen LogP contribution in [-0.2, 0) is 17.8 Å². The van der Waals surface area contributed by atoms with Crippen molar-refractivity contribution in [1.82, 2.24) is 5.32 Å². The van der Waals surface area contributed by atoms with E-state index < -0.39 is 0 Å². The van der Waals surface area contributed by atoms with Gasteiger partial charge in [0.1, 0.15) is 0 Å². The van der Waals surface area contributed by atoms with Gasteiger partial charge in [-0.1, -0.05) is 11.6 Å². The molecule has 0 saturated heterocycles. The van der Waals surface area contributed by atoms with Crippen molar-refractivity contribution in [3.05, 3.63) is 39.9 Å². The van der Waals surface area contributed by atoms with Crippen LogP contribution in [0.3, 0.4) is 0 Å². The molecule has 1 aromatic rings. The zero-order valence-corrected chi connectivity index (χ0v) is 17.6. The largest absolute Gasteiger partial charge is 0.392 e. The van der Waals surface area contributed by atoms with Crippen LogP contribution in [0.15, 0.2) is 18.2 Å². The summed E-state index contributed by atoms with van der Waals surface area (Å²) in [7, 11) is 0. The predicted octanol–water partition coefficient (Wildman–Crippen LogP) is 4.88. The van der Waals surface area contributed by atoms with Crippen LogP contribution in [0.25, 0.3) is 5.70 Å². The molecule has 150 valence electrons. The first kappa shape index (κ1) is 18.7. The molecule has 4 fully saturated rings. The highest BCUT2D eigenvalue weighted by atomic mass is 35.5. The third-order valence-corrected chi connectivity index (χ3v) is 8.03. The zero-order chi connectivity index (χ0) is 19.7. The fraction of sp³-hybridized carbons (Fsp3) is 0.625. The second-order valence-electron chi connectivity index (χ2n) is 10.6. The Hall–Kier alpha value is -1.32. The maximum atomic E-state index is 13.6. The minimum atomic E-state index is -0.134. The molecule has 0 atom stereocenters. The molecule has 6 rings (SSSR count). The molecule has 3 nitrogen and oxygen atoms in total. The van der Waals surface area contributed by atoms with Gasteiger partial charge >= 0.3 is 0 Å². The number of nitrogens with one attached hydrogen (secondary N) is 1. The van der Waals surface area contributed by atoms with Crippen molar-refractivity contribution in [3.8, 4) is 0 Å². The molecule has 0 spiro atoms. The fourth-order valence-electron chi connectivity index (χ4n) is 6.94. The van der Waals surface area contributed by atoms with E-state index in [9.17, 15) is 9.90 Å². The zero-order valence-electron chi connectivity index (χ0n) is 16.9. The van der Waals surface area contributed by atoms with E-state index in [0.29, 0.717) is 10.8 Å². The van der Waals surface area contributed by atoms with Gasteiger partial charge < -0.3 is 10.4 Å². The average Bonchev–Trinajstić information content (AvgIpc) is 2.59. The van der Waals surface area contributed by atoms with E-state index in [2.05, 4.69) is 19.2 Å². The Bertz CT molecular complexity index is 834. The number of aliphatic hydroxyl groups is 1. The molecular weight excluding hydrogens is 370 g/mol. The van der Waals surface area contributed by atoms with E-state index in [0.717, 1.165) is 65.8 Å². The van der Waals surface area contributed by atoms with Crippen LogP contribution in [0, 0.1) is 23.2 Å². The van der Waals surface area contributed by atoms with Gasteiger partial charge in [-0.25, -0.2) is 0 Å². The normalized spacial score (nSPS) is 36.3. The minimum Gasteiger partial charge on any atom is -0.392 e. The highest BCUT2D eigenvalue weighted by molar-refractivity contribution is 6.31. The Kier molecular flexibility index (Phi) is 4.23. The summed E-state index contributed by atoms with van der Waals surface area (Å²) in [5, 5.41) is 13.9. The smallest absolute Gasteiger partial charge is 0.163 e. The minimum absolute atomic E-state index is 0.0916. The average molecular weight is 400 g/mol. The van der Waals surface area contributed by atoms with Crippen LogP contribution >= 0.6 is 11.6 Å². The fourth-order valence-corrected chi connectivity index (χ4v) is 7.19. The van der Waals surface area contributed by atoms with Gasteiger partial charge in [0, 0.05) is 33.3 Å². The molecule has 1 heterocycles. The number of hydrogen-bond acceptors (Lipinski definition) is 3. The quantitative estimate of drug-likeness (QED) is 0.712. The summed E-state index contributed by atoms with van der Waals surface area (Å²) in [5.41, 5.74) is 3.53. The number of fused-ring (bicyclic) bond motifs is 1. The number of ketones is 1. The van der Waals surface area contributed by atoms with Crippen LogP contribution in [0.5, 0.6) is 0 Å². The molecule has 4 aliphatic carbocycles. The summed E-state index contributed by atoms with van der Waals surface area (Å²) >= 11 is 6.35. The van der Waals surface area contributed by atoms with Gasteiger partial charge in [0.25, 0.3) is 0 Å². The Labute approximate surface area is 172 Å². The summed E-state index contributed by atoms with van der Waals surface area (Å²) < 4.78 is 0. The molecule has 28 heavy (non-hydrogen) atoms. The molecule has 5 aliphatic rings. The third kappa shape index (κ3) is 3.02. The van der Waals surface area contributed by atoms with Gasteiger partial charge in [0.05, 0.1) is 6.61 Å². The van der Waals surface area contributed by atoms with Crippen molar-refractivity contribution in [1.29, 1.82) is 0 Å². The Morgan fingerprint density at radius 1 is 1.18 bits per heavy atom. The maximum Gasteiger partial charge on any atom is 0.163 e. The Morgan fingerprint density at radius 2 is 1.79 bits per heavy atom. The lowest BCUT2D eigenvalue weighted by Gasteiger charge is -2.55. The first-order chi connectivity index (χ1) is 13.3. The van der Waals surface area contributed by atoms with Gasteiger partial charge in [-0.3, -0.25) is 4.79 Å². The van der Waals surface area contributed by atoms with E-state index in [1.807, 2.05) is 18.2 Å². The molecule has 0 aromatic heterocycles. The van der Waals surface area contributed by atoms with Crippen LogP contribution in [0.4, 0.5) is 0 Å². The molecule has 0 unspecified atom stereocenters. The van der Waals surface area contributed by atoms with E-state index >= 15 is 0 Å². The van der Waals surface area contributed by atoms with Crippen LogP contribution in [-0.4, -0.2) is 16.4 Å². The van der Waals surface area contributed by atoms with Gasteiger partial charge in [-0.05, 0) is 99.8 Å². The molecule has 4 saturated carbocycles. The summed E-state index contributed by atoms with van der Waals surface area (Å²) in [5.74, 6) is 2.60. The van der Waals surface area contributed by atoms with E-state index in [1.54, 1.807) is 0 Å². The van der Waals surface area contributed by atoms with E-state index in [1.165, 1.54) is 19.3 Å².